The highest BCUT2D eigenvalue weighted by Gasteiger charge is 2.16. The first kappa shape index (κ1) is 11.7. The van der Waals surface area contributed by atoms with Crippen LogP contribution in [0.5, 0.6) is 0 Å². The minimum Gasteiger partial charge on any atom is -0.271 e. The number of nitrogens with one attached hydrogen (secondary N) is 1. The van der Waals surface area contributed by atoms with E-state index in [1.807, 2.05) is 0 Å². The number of rotatable bonds is 4. The third-order valence-corrected chi connectivity index (χ3v) is 2.67. The second-order valence-corrected chi connectivity index (χ2v) is 3.74. The van der Waals surface area contributed by atoms with Gasteiger partial charge in [-0.05, 0) is 6.07 Å². The molecule has 2 aromatic rings. The molecule has 1 aromatic carbocycles. The van der Waals surface area contributed by atoms with Crippen LogP contribution in [-0.4, -0.2) is 14.8 Å². The molecule has 90 valence electrons. The van der Waals surface area contributed by atoms with Crippen molar-refractivity contribution in [3.05, 3.63) is 47.8 Å². The topological polar surface area (TPSA) is 68.8 Å². The van der Waals surface area contributed by atoms with Crippen LogP contribution < -0.4 is 11.3 Å². The standard InChI is InChI=1S/C11H14FN5/c1-17-11(14-7-15-17)6-10(16-13)8-4-2-3-5-9(8)12/h2-5,7,10,16H,6,13H2,1H3. The number of hydrogen-bond acceptors (Lipinski definition) is 4. The van der Waals surface area contributed by atoms with Gasteiger partial charge in [0.05, 0.1) is 6.04 Å². The fourth-order valence-electron chi connectivity index (χ4n) is 1.70. The molecule has 0 bridgehead atoms. The number of nitrogens with two attached hydrogens (primary N) is 1. The van der Waals surface area contributed by atoms with Crippen LogP contribution >= 0.6 is 0 Å². The normalized spacial score (nSPS) is 12.6. The summed E-state index contributed by atoms with van der Waals surface area (Å²) in [5.41, 5.74) is 3.13. The Labute approximate surface area is 98.4 Å². The van der Waals surface area contributed by atoms with E-state index < -0.39 is 0 Å². The molecule has 17 heavy (non-hydrogen) atoms. The van der Waals surface area contributed by atoms with Gasteiger partial charge in [-0.1, -0.05) is 18.2 Å². The molecule has 2 rings (SSSR count). The van der Waals surface area contributed by atoms with Crippen molar-refractivity contribution in [2.24, 2.45) is 12.9 Å². The van der Waals surface area contributed by atoms with Crippen molar-refractivity contribution in [3.8, 4) is 0 Å². The number of hydrazine groups is 1. The molecule has 5 nitrogen and oxygen atoms in total. The monoisotopic (exact) mass is 235 g/mol. The third kappa shape index (κ3) is 2.48. The van der Waals surface area contributed by atoms with Gasteiger partial charge in [0.15, 0.2) is 0 Å². The summed E-state index contributed by atoms with van der Waals surface area (Å²) in [6.45, 7) is 0. The minimum absolute atomic E-state index is 0.280. The van der Waals surface area contributed by atoms with Gasteiger partial charge in [-0.25, -0.2) is 9.37 Å². The SMILES string of the molecule is Cn1ncnc1CC(NN)c1ccccc1F. The van der Waals surface area contributed by atoms with Gasteiger partial charge in [-0.3, -0.25) is 16.0 Å². The van der Waals surface area contributed by atoms with Crippen LogP contribution in [-0.2, 0) is 13.5 Å². The van der Waals surface area contributed by atoms with E-state index in [0.29, 0.717) is 12.0 Å². The molecule has 1 atom stereocenters. The van der Waals surface area contributed by atoms with E-state index in [9.17, 15) is 4.39 Å². The molecule has 0 radical (unpaired) electrons. The van der Waals surface area contributed by atoms with E-state index in [1.165, 1.54) is 12.4 Å². The fraction of sp³-hybridized carbons (Fsp3) is 0.273. The lowest BCUT2D eigenvalue weighted by Gasteiger charge is -2.16. The molecule has 3 N–H and O–H groups in total. The average molecular weight is 235 g/mol. The largest absolute Gasteiger partial charge is 0.271 e. The molecular formula is C11H14FN5. The molecule has 6 heteroatoms. The molecule has 1 unspecified atom stereocenters. The molecule has 1 heterocycles. The van der Waals surface area contributed by atoms with Gasteiger partial charge >= 0.3 is 0 Å². The highest BCUT2D eigenvalue weighted by Crippen LogP contribution is 2.19. The number of aryl methyl sites for hydroxylation is 1. The summed E-state index contributed by atoms with van der Waals surface area (Å²) in [6, 6.07) is 6.22. The van der Waals surface area contributed by atoms with Gasteiger partial charge < -0.3 is 0 Å². The van der Waals surface area contributed by atoms with E-state index in [2.05, 4.69) is 15.5 Å². The van der Waals surface area contributed by atoms with Crippen molar-refractivity contribution in [3.63, 3.8) is 0 Å². The molecule has 0 aliphatic carbocycles. The number of hydrogen-bond donors (Lipinski definition) is 2. The number of aromatic nitrogens is 3. The quantitative estimate of drug-likeness (QED) is 0.604. The highest BCUT2D eigenvalue weighted by molar-refractivity contribution is 5.22. The zero-order valence-electron chi connectivity index (χ0n) is 9.47. The van der Waals surface area contributed by atoms with Crippen LogP contribution in [0.3, 0.4) is 0 Å². The summed E-state index contributed by atoms with van der Waals surface area (Å²) < 4.78 is 15.3. The Morgan fingerprint density at radius 1 is 1.47 bits per heavy atom. The summed E-state index contributed by atoms with van der Waals surface area (Å²) in [4.78, 5) is 4.09. The lowest BCUT2D eigenvalue weighted by molar-refractivity contribution is 0.492. The summed E-state index contributed by atoms with van der Waals surface area (Å²) in [7, 11) is 1.79. The second kappa shape index (κ2) is 5.03. The number of nitrogens with zero attached hydrogens (tertiary/aromatic N) is 3. The Morgan fingerprint density at radius 2 is 2.24 bits per heavy atom. The fourth-order valence-corrected chi connectivity index (χ4v) is 1.70. The van der Waals surface area contributed by atoms with Crippen LogP contribution in [0.1, 0.15) is 17.4 Å². The molecule has 0 fully saturated rings. The molecule has 0 spiro atoms. The molecule has 1 aromatic heterocycles. The lowest BCUT2D eigenvalue weighted by Crippen LogP contribution is -2.31. The summed E-state index contributed by atoms with van der Waals surface area (Å²) in [5, 5.41) is 3.96. The maximum Gasteiger partial charge on any atom is 0.138 e. The van der Waals surface area contributed by atoms with Gasteiger partial charge in [-0.15, -0.1) is 0 Å². The second-order valence-electron chi connectivity index (χ2n) is 3.74. The van der Waals surface area contributed by atoms with Crippen molar-refractivity contribution < 1.29 is 4.39 Å². The van der Waals surface area contributed by atoms with Crippen molar-refractivity contribution in [2.45, 2.75) is 12.5 Å². The van der Waals surface area contributed by atoms with E-state index in [1.54, 1.807) is 29.9 Å². The van der Waals surface area contributed by atoms with Gasteiger partial charge in [0.1, 0.15) is 18.0 Å². The first-order valence-electron chi connectivity index (χ1n) is 5.25. The minimum atomic E-state index is -0.320. The predicted octanol–water partition coefficient (Wildman–Crippen LogP) is 0.701. The van der Waals surface area contributed by atoms with E-state index in [4.69, 9.17) is 5.84 Å². The summed E-state index contributed by atoms with van der Waals surface area (Å²) >= 11 is 0. The van der Waals surface area contributed by atoms with Gasteiger partial charge in [0.2, 0.25) is 0 Å². The maximum absolute atomic E-state index is 13.6. The van der Waals surface area contributed by atoms with E-state index in [-0.39, 0.29) is 11.9 Å². The Morgan fingerprint density at radius 3 is 2.82 bits per heavy atom. The molecule has 0 saturated carbocycles. The van der Waals surface area contributed by atoms with Crippen LogP contribution in [0.2, 0.25) is 0 Å². The van der Waals surface area contributed by atoms with Crippen LogP contribution in [0.4, 0.5) is 4.39 Å². The lowest BCUT2D eigenvalue weighted by atomic mass is 10.0. The van der Waals surface area contributed by atoms with Crippen LogP contribution in [0.15, 0.2) is 30.6 Å². The Kier molecular flexibility index (Phi) is 3.46. The van der Waals surface area contributed by atoms with Crippen LogP contribution in [0, 0.1) is 5.82 Å². The first-order valence-corrected chi connectivity index (χ1v) is 5.25. The summed E-state index contributed by atoms with van der Waals surface area (Å²) in [5.74, 6) is 5.93. The molecule has 0 aliphatic heterocycles. The predicted molar refractivity (Wildman–Crippen MR) is 61.2 cm³/mol. The van der Waals surface area contributed by atoms with Crippen molar-refractivity contribution >= 4 is 0 Å². The molecule has 0 amide bonds. The number of benzene rings is 1. The van der Waals surface area contributed by atoms with Crippen molar-refractivity contribution in [1.29, 1.82) is 0 Å². The molecule has 0 aliphatic rings. The maximum atomic E-state index is 13.6. The highest BCUT2D eigenvalue weighted by atomic mass is 19.1. The Bertz CT molecular complexity index is 496. The van der Waals surface area contributed by atoms with Crippen molar-refractivity contribution in [1.82, 2.24) is 20.2 Å². The van der Waals surface area contributed by atoms with Gasteiger partial charge in [-0.2, -0.15) is 5.10 Å². The first-order chi connectivity index (χ1) is 8.22. The van der Waals surface area contributed by atoms with E-state index >= 15 is 0 Å². The smallest absolute Gasteiger partial charge is 0.138 e. The van der Waals surface area contributed by atoms with Gasteiger partial charge in [0, 0.05) is 19.0 Å². The third-order valence-electron chi connectivity index (χ3n) is 2.67. The Hall–Kier alpha value is -1.79. The average Bonchev–Trinajstić information content (AvgIpc) is 2.73. The van der Waals surface area contributed by atoms with Crippen LogP contribution in [0.25, 0.3) is 0 Å². The van der Waals surface area contributed by atoms with Crippen molar-refractivity contribution in [2.75, 3.05) is 0 Å². The molecular weight excluding hydrogens is 221 g/mol. The number of halogens is 1. The zero-order chi connectivity index (χ0) is 12.3. The van der Waals surface area contributed by atoms with Gasteiger partial charge in [0.25, 0.3) is 0 Å². The zero-order valence-corrected chi connectivity index (χ0v) is 9.47. The molecule has 0 saturated heterocycles. The Balaban J connectivity index is 2.23. The van der Waals surface area contributed by atoms with E-state index in [0.717, 1.165) is 5.82 Å². The summed E-state index contributed by atoms with van der Waals surface area (Å²) in [6.07, 6.45) is 1.94.